The lowest BCUT2D eigenvalue weighted by Crippen LogP contribution is -2.27. The highest BCUT2D eigenvalue weighted by Gasteiger charge is 2.37. The summed E-state index contributed by atoms with van der Waals surface area (Å²) >= 11 is 1.34. The van der Waals surface area contributed by atoms with Crippen LogP contribution < -0.4 is 14.6 Å². The minimum Gasteiger partial charge on any atom is -0.492 e. The van der Waals surface area contributed by atoms with Gasteiger partial charge in [0.25, 0.3) is 5.91 Å². The van der Waals surface area contributed by atoms with Crippen LogP contribution in [0.5, 0.6) is 11.5 Å². The number of aryl methyl sites for hydroxylation is 1. The summed E-state index contributed by atoms with van der Waals surface area (Å²) in [4.78, 5) is 13.8. The molecule has 1 aliphatic heterocycles. The summed E-state index contributed by atoms with van der Waals surface area (Å²) in [6.45, 7) is 1.99. The van der Waals surface area contributed by atoms with Crippen molar-refractivity contribution in [3.05, 3.63) is 125 Å². The molecule has 41 heavy (non-hydrogen) atoms. The number of benzene rings is 4. The Labute approximate surface area is 241 Å². The fourth-order valence-electron chi connectivity index (χ4n) is 4.33. The molecule has 1 unspecified atom stereocenters. The van der Waals surface area contributed by atoms with Gasteiger partial charge in [0.1, 0.15) is 22.8 Å². The van der Waals surface area contributed by atoms with E-state index in [1.807, 2.05) is 25.1 Å². The SMILES string of the molecule is COc1c(OCc2ccc(S(N)(=O)=O)cc2)cccc1C1SC(c2ccc(F)cc2)=NN1C(=O)c1ccccc1C. The van der Waals surface area contributed by atoms with Gasteiger partial charge in [0.15, 0.2) is 11.5 Å². The van der Waals surface area contributed by atoms with Crippen molar-refractivity contribution in [3.8, 4) is 11.5 Å². The number of methoxy groups -OCH3 is 1. The Hall–Kier alpha value is -4.19. The first-order valence-electron chi connectivity index (χ1n) is 12.5. The molecule has 1 aliphatic rings. The van der Waals surface area contributed by atoms with Crippen LogP contribution in [-0.4, -0.2) is 31.5 Å². The second-order valence-corrected chi connectivity index (χ2v) is 11.8. The van der Waals surface area contributed by atoms with Crippen molar-refractivity contribution in [2.45, 2.75) is 23.8 Å². The number of thioether (sulfide) groups is 1. The molecule has 0 aromatic heterocycles. The van der Waals surface area contributed by atoms with Crippen molar-refractivity contribution in [3.63, 3.8) is 0 Å². The molecule has 0 fully saturated rings. The lowest BCUT2D eigenvalue weighted by Gasteiger charge is -2.24. The number of carbonyl (C=O) groups excluding carboxylic acids is 1. The highest BCUT2D eigenvalue weighted by atomic mass is 32.2. The van der Waals surface area contributed by atoms with Gasteiger partial charge in [-0.05, 0) is 66.6 Å². The van der Waals surface area contributed by atoms with Gasteiger partial charge in [-0.1, -0.05) is 54.2 Å². The molecule has 1 heterocycles. The molecule has 2 N–H and O–H groups in total. The molecule has 210 valence electrons. The molecular formula is C30H26FN3O5S2. The Morgan fingerprint density at radius 2 is 1.71 bits per heavy atom. The summed E-state index contributed by atoms with van der Waals surface area (Å²) < 4.78 is 48.6. The molecule has 0 bridgehead atoms. The Bertz CT molecular complexity index is 1730. The monoisotopic (exact) mass is 591 g/mol. The average Bonchev–Trinajstić information content (AvgIpc) is 3.41. The van der Waals surface area contributed by atoms with E-state index in [4.69, 9.17) is 14.6 Å². The van der Waals surface area contributed by atoms with Gasteiger partial charge in [-0.15, -0.1) is 0 Å². The molecule has 1 amide bonds. The number of ether oxygens (including phenoxy) is 2. The third kappa shape index (κ3) is 6.12. The number of rotatable bonds is 8. The molecule has 11 heteroatoms. The number of halogens is 1. The first-order valence-corrected chi connectivity index (χ1v) is 14.9. The predicted octanol–water partition coefficient (Wildman–Crippen LogP) is 5.62. The van der Waals surface area contributed by atoms with E-state index < -0.39 is 15.4 Å². The van der Waals surface area contributed by atoms with E-state index in [0.29, 0.717) is 33.2 Å². The maximum atomic E-state index is 13.8. The molecule has 0 saturated heterocycles. The zero-order chi connectivity index (χ0) is 29.1. The van der Waals surface area contributed by atoms with E-state index >= 15 is 0 Å². The molecule has 0 saturated carbocycles. The fourth-order valence-corrected chi connectivity index (χ4v) is 6.02. The Morgan fingerprint density at radius 3 is 2.37 bits per heavy atom. The number of hydrogen-bond acceptors (Lipinski definition) is 7. The Morgan fingerprint density at radius 1 is 1.00 bits per heavy atom. The van der Waals surface area contributed by atoms with Gasteiger partial charge in [-0.25, -0.2) is 23.0 Å². The lowest BCUT2D eigenvalue weighted by molar-refractivity contribution is 0.0747. The summed E-state index contributed by atoms with van der Waals surface area (Å²) in [6, 6.07) is 24.7. The van der Waals surface area contributed by atoms with E-state index in [9.17, 15) is 17.6 Å². The van der Waals surface area contributed by atoms with Crippen LogP contribution in [0.1, 0.15) is 38.0 Å². The molecule has 1 atom stereocenters. The van der Waals surface area contributed by atoms with Gasteiger partial charge in [-0.3, -0.25) is 4.79 Å². The first kappa shape index (κ1) is 28.3. The number of sulfonamides is 1. The molecule has 4 aromatic rings. The van der Waals surface area contributed by atoms with Crippen molar-refractivity contribution in [1.82, 2.24) is 5.01 Å². The zero-order valence-corrected chi connectivity index (χ0v) is 23.8. The van der Waals surface area contributed by atoms with E-state index in [1.165, 1.54) is 48.1 Å². The largest absolute Gasteiger partial charge is 0.492 e. The standard InChI is InChI=1S/C30H26FN3O5S2/c1-19-6-3-4-7-24(19)29(35)34-30(40-28(33-34)21-12-14-22(31)15-13-21)25-8-5-9-26(27(25)38-2)39-18-20-10-16-23(17-11-20)41(32,36)37/h3-17,30H,18H2,1-2H3,(H2,32,36,37). The number of carbonyl (C=O) groups is 1. The highest BCUT2D eigenvalue weighted by molar-refractivity contribution is 8.14. The summed E-state index contributed by atoms with van der Waals surface area (Å²) in [6.07, 6.45) is 0. The summed E-state index contributed by atoms with van der Waals surface area (Å²) in [5, 5.41) is 11.2. The molecule has 4 aromatic carbocycles. The second kappa shape index (κ2) is 11.7. The van der Waals surface area contributed by atoms with Crippen LogP contribution in [0.4, 0.5) is 4.39 Å². The van der Waals surface area contributed by atoms with Crippen molar-refractivity contribution >= 4 is 32.7 Å². The van der Waals surface area contributed by atoms with Crippen molar-refractivity contribution < 1.29 is 27.1 Å². The number of amides is 1. The molecule has 8 nitrogen and oxygen atoms in total. The van der Waals surface area contributed by atoms with Crippen LogP contribution in [-0.2, 0) is 16.6 Å². The van der Waals surface area contributed by atoms with Crippen LogP contribution in [0.15, 0.2) is 101 Å². The summed E-state index contributed by atoms with van der Waals surface area (Å²) in [5.74, 6) is 0.192. The lowest BCUT2D eigenvalue weighted by atomic mass is 10.1. The topological polar surface area (TPSA) is 111 Å². The third-order valence-electron chi connectivity index (χ3n) is 6.44. The maximum absolute atomic E-state index is 13.8. The quantitative estimate of drug-likeness (QED) is 0.285. The Balaban J connectivity index is 1.48. The van der Waals surface area contributed by atoms with E-state index in [0.717, 1.165) is 11.1 Å². The second-order valence-electron chi connectivity index (χ2n) is 9.20. The number of para-hydroxylation sites is 1. The number of nitrogens with zero attached hydrogens (tertiary/aromatic N) is 2. The summed E-state index contributed by atoms with van der Waals surface area (Å²) in [7, 11) is -2.28. The maximum Gasteiger partial charge on any atom is 0.275 e. The number of primary sulfonamides is 1. The minimum absolute atomic E-state index is 0.00876. The van der Waals surface area contributed by atoms with Crippen LogP contribution >= 0.6 is 11.8 Å². The highest BCUT2D eigenvalue weighted by Crippen LogP contribution is 2.47. The third-order valence-corrected chi connectivity index (χ3v) is 8.59. The smallest absolute Gasteiger partial charge is 0.275 e. The van der Waals surface area contributed by atoms with Crippen molar-refractivity contribution in [1.29, 1.82) is 0 Å². The van der Waals surface area contributed by atoms with Crippen LogP contribution in [0.2, 0.25) is 0 Å². The molecular weight excluding hydrogens is 565 g/mol. The fraction of sp³-hybridized carbons (Fsp3) is 0.133. The number of nitrogens with two attached hydrogens (primary N) is 1. The van der Waals surface area contributed by atoms with E-state index in [-0.39, 0.29) is 23.2 Å². The van der Waals surface area contributed by atoms with Gasteiger partial charge in [-0.2, -0.15) is 5.10 Å². The molecule has 0 spiro atoms. The van der Waals surface area contributed by atoms with Gasteiger partial charge in [0.2, 0.25) is 10.0 Å². The van der Waals surface area contributed by atoms with Crippen molar-refractivity contribution in [2.24, 2.45) is 10.2 Å². The van der Waals surface area contributed by atoms with Gasteiger partial charge in [0, 0.05) is 16.7 Å². The summed E-state index contributed by atoms with van der Waals surface area (Å²) in [5.41, 5.74) is 3.37. The van der Waals surface area contributed by atoms with Crippen molar-refractivity contribution in [2.75, 3.05) is 7.11 Å². The van der Waals surface area contributed by atoms with Crippen LogP contribution in [0.3, 0.4) is 0 Å². The predicted molar refractivity (Wildman–Crippen MR) is 156 cm³/mol. The van der Waals surface area contributed by atoms with Gasteiger partial charge >= 0.3 is 0 Å². The Kier molecular flexibility index (Phi) is 8.11. The normalized spacial score (nSPS) is 15.0. The minimum atomic E-state index is -3.80. The van der Waals surface area contributed by atoms with Crippen LogP contribution in [0.25, 0.3) is 0 Å². The number of hydrazone groups is 1. The van der Waals surface area contributed by atoms with E-state index in [2.05, 4.69) is 5.10 Å². The molecule has 0 radical (unpaired) electrons. The average molecular weight is 592 g/mol. The molecule has 5 rings (SSSR count). The van der Waals surface area contributed by atoms with Crippen LogP contribution in [0, 0.1) is 12.7 Å². The van der Waals surface area contributed by atoms with Gasteiger partial charge < -0.3 is 9.47 Å². The molecule has 0 aliphatic carbocycles. The zero-order valence-electron chi connectivity index (χ0n) is 22.2. The number of hydrogen-bond donors (Lipinski definition) is 1. The van der Waals surface area contributed by atoms with E-state index in [1.54, 1.807) is 48.5 Å². The van der Waals surface area contributed by atoms with Gasteiger partial charge in [0.05, 0.1) is 12.0 Å². The first-order chi connectivity index (χ1) is 19.7.